The molecule has 0 fully saturated rings. The van der Waals surface area contributed by atoms with Gasteiger partial charge in [0.05, 0.1) is 19.7 Å². The fraction of sp³-hybridized carbons (Fsp3) is 0.478. The minimum Gasteiger partial charge on any atom is -0.385 e. The Morgan fingerprint density at radius 2 is 1.59 bits per heavy atom. The summed E-state index contributed by atoms with van der Waals surface area (Å²) in [6, 6.07) is 18.7. The Labute approximate surface area is 164 Å². The van der Waals surface area contributed by atoms with E-state index in [1.165, 1.54) is 5.56 Å². The first-order valence-corrected chi connectivity index (χ1v) is 10.2. The first-order chi connectivity index (χ1) is 13.1. The van der Waals surface area contributed by atoms with E-state index >= 15 is 0 Å². The lowest BCUT2D eigenvalue weighted by atomic mass is 10.0. The Hall–Kier alpha value is -1.72. The first kappa shape index (κ1) is 21.6. The molecular weight excluding hydrogens is 336 g/mol. The number of ether oxygens (including phenoxy) is 1. The van der Waals surface area contributed by atoms with Gasteiger partial charge in [-0.1, -0.05) is 60.2 Å². The Bertz CT molecular complexity index is 627. The third-order valence-corrected chi connectivity index (χ3v) is 5.08. The summed E-state index contributed by atoms with van der Waals surface area (Å²) in [5.41, 5.74) is 3.46. The summed E-state index contributed by atoms with van der Waals surface area (Å²) >= 11 is 0. The van der Waals surface area contributed by atoms with E-state index < -0.39 is 6.10 Å². The normalized spacial score (nSPS) is 13.7. The number of aliphatic hydroxyl groups excluding tert-OH is 1. The van der Waals surface area contributed by atoms with Crippen LogP contribution in [0.4, 0.5) is 0 Å². The van der Waals surface area contributed by atoms with Gasteiger partial charge in [0.15, 0.2) is 0 Å². The monoisotopic (exact) mass is 372 g/mol. The number of nitrogens with one attached hydrogen (secondary N) is 1. The van der Waals surface area contributed by atoms with E-state index in [-0.39, 0.29) is 6.10 Å². The molecule has 0 amide bonds. The summed E-state index contributed by atoms with van der Waals surface area (Å²) in [6.45, 7) is 12.0. The van der Waals surface area contributed by atoms with Crippen LogP contribution in [0.25, 0.3) is 0 Å². The summed E-state index contributed by atoms with van der Waals surface area (Å²) < 4.78 is 6.16. The van der Waals surface area contributed by atoms with Gasteiger partial charge in [0, 0.05) is 0 Å². The molecule has 0 aliphatic carbocycles. The zero-order valence-electron chi connectivity index (χ0n) is 17.0. The smallest absolute Gasteiger partial charge is 0.127 e. The molecule has 0 bridgehead atoms. The molecule has 27 heavy (non-hydrogen) atoms. The molecule has 0 heterocycles. The third-order valence-electron chi connectivity index (χ3n) is 5.08. The van der Waals surface area contributed by atoms with Crippen LogP contribution in [0, 0.1) is 6.92 Å². The topological polar surface area (TPSA) is 50.5 Å². The highest BCUT2D eigenvalue weighted by molar-refractivity contribution is 5.31. The molecule has 4 N–H and O–H groups in total. The van der Waals surface area contributed by atoms with Crippen LogP contribution in [0.15, 0.2) is 54.6 Å². The highest BCUT2D eigenvalue weighted by Gasteiger charge is 2.17. The molecule has 2 aromatic carbocycles. The maximum atomic E-state index is 10.4. The molecular formula is C23H36N2O2+2. The molecule has 0 unspecified atom stereocenters. The van der Waals surface area contributed by atoms with Crippen LogP contribution >= 0.6 is 0 Å². The number of rotatable bonds is 12. The van der Waals surface area contributed by atoms with Crippen LogP contribution in [0.5, 0.6) is 0 Å². The summed E-state index contributed by atoms with van der Waals surface area (Å²) in [7, 11) is 0. The number of quaternary nitrogens is 2. The van der Waals surface area contributed by atoms with Crippen molar-refractivity contribution in [1.29, 1.82) is 0 Å². The van der Waals surface area contributed by atoms with Crippen LogP contribution in [-0.2, 0) is 4.74 Å². The Kier molecular flexibility index (Phi) is 9.50. The van der Waals surface area contributed by atoms with Gasteiger partial charge in [-0.25, -0.2) is 0 Å². The van der Waals surface area contributed by atoms with E-state index in [1.54, 1.807) is 4.90 Å². The van der Waals surface area contributed by atoms with Crippen LogP contribution < -0.4 is 10.2 Å². The van der Waals surface area contributed by atoms with Gasteiger partial charge in [0.1, 0.15) is 31.8 Å². The van der Waals surface area contributed by atoms with Gasteiger partial charge >= 0.3 is 0 Å². The third kappa shape index (κ3) is 7.43. The lowest BCUT2D eigenvalue weighted by Gasteiger charge is -2.21. The van der Waals surface area contributed by atoms with Gasteiger partial charge in [0.2, 0.25) is 0 Å². The van der Waals surface area contributed by atoms with Crippen molar-refractivity contribution in [3.05, 3.63) is 71.3 Å². The number of hydrogen-bond acceptors (Lipinski definition) is 2. The Morgan fingerprint density at radius 3 is 2.22 bits per heavy atom. The van der Waals surface area contributed by atoms with Crippen LogP contribution in [0.1, 0.15) is 36.6 Å². The maximum Gasteiger partial charge on any atom is 0.127 e. The lowest BCUT2D eigenvalue weighted by molar-refractivity contribution is -0.909. The standard InChI is InChI=1S/C23H34N2O2/c1-4-25(5-2)16-15-24-17-22(26)18-27-23(20-9-7-6-8-10-20)21-13-11-19(3)12-14-21/h6-14,22-24,26H,4-5,15-18H2,1-3H3/p+2/t22-,23+/m0/s1. The number of likely N-dealkylation sites (N-methyl/N-ethyl adjacent to an activating group) is 1. The molecule has 148 valence electrons. The molecule has 2 aromatic rings. The van der Waals surface area contributed by atoms with Gasteiger partial charge in [-0.05, 0) is 31.9 Å². The Morgan fingerprint density at radius 1 is 0.963 bits per heavy atom. The summed E-state index contributed by atoms with van der Waals surface area (Å²) in [4.78, 5) is 1.60. The molecule has 0 aliphatic heterocycles. The average molecular weight is 373 g/mol. The number of benzene rings is 2. The van der Waals surface area contributed by atoms with Crippen molar-refractivity contribution in [2.24, 2.45) is 0 Å². The van der Waals surface area contributed by atoms with Crippen LogP contribution in [-0.4, -0.2) is 50.5 Å². The van der Waals surface area contributed by atoms with Gasteiger partial charge in [0.25, 0.3) is 0 Å². The largest absolute Gasteiger partial charge is 0.385 e. The van der Waals surface area contributed by atoms with Crippen molar-refractivity contribution in [2.45, 2.75) is 33.0 Å². The molecule has 2 rings (SSSR count). The highest BCUT2D eigenvalue weighted by atomic mass is 16.5. The van der Waals surface area contributed by atoms with Crippen molar-refractivity contribution in [3.8, 4) is 0 Å². The van der Waals surface area contributed by atoms with Gasteiger partial charge < -0.3 is 20.1 Å². The predicted molar refractivity (Wildman–Crippen MR) is 110 cm³/mol. The minimum absolute atomic E-state index is 0.151. The Balaban J connectivity index is 1.87. The number of aliphatic hydroxyl groups is 1. The second-order valence-electron chi connectivity index (χ2n) is 7.21. The SMILES string of the molecule is CC[NH+](CC)CC[NH2+]C[C@H](O)CO[C@H](c1ccccc1)c1ccc(C)cc1. The van der Waals surface area contributed by atoms with Crippen molar-refractivity contribution < 1.29 is 20.1 Å². The highest BCUT2D eigenvalue weighted by Crippen LogP contribution is 2.26. The zero-order valence-corrected chi connectivity index (χ0v) is 17.0. The fourth-order valence-corrected chi connectivity index (χ4v) is 3.25. The van der Waals surface area contributed by atoms with Crippen molar-refractivity contribution >= 4 is 0 Å². The van der Waals surface area contributed by atoms with Gasteiger partial charge in [-0.15, -0.1) is 0 Å². The summed E-state index contributed by atoms with van der Waals surface area (Å²) in [6.07, 6.45) is -0.616. The van der Waals surface area contributed by atoms with Gasteiger partial charge in [-0.3, -0.25) is 0 Å². The predicted octanol–water partition coefficient (Wildman–Crippen LogP) is 0.950. The zero-order chi connectivity index (χ0) is 19.5. The molecule has 0 radical (unpaired) electrons. The van der Waals surface area contributed by atoms with Gasteiger partial charge in [-0.2, -0.15) is 0 Å². The molecule has 4 nitrogen and oxygen atoms in total. The van der Waals surface area contributed by atoms with E-state index in [9.17, 15) is 5.11 Å². The average Bonchev–Trinajstić information content (AvgIpc) is 2.70. The maximum absolute atomic E-state index is 10.4. The van der Waals surface area contributed by atoms with Crippen molar-refractivity contribution in [3.63, 3.8) is 0 Å². The fourth-order valence-electron chi connectivity index (χ4n) is 3.25. The van der Waals surface area contributed by atoms with Crippen LogP contribution in [0.2, 0.25) is 0 Å². The molecule has 2 atom stereocenters. The number of aryl methyl sites for hydroxylation is 1. The second kappa shape index (κ2) is 11.9. The summed E-state index contributed by atoms with van der Waals surface area (Å²) in [5.74, 6) is 0. The quantitative estimate of drug-likeness (QED) is 0.486. The van der Waals surface area contributed by atoms with Crippen molar-refractivity contribution in [1.82, 2.24) is 0 Å². The molecule has 0 aliphatic rings. The molecule has 0 spiro atoms. The summed E-state index contributed by atoms with van der Waals surface area (Å²) in [5, 5.41) is 12.5. The molecule has 0 aromatic heterocycles. The van der Waals surface area contributed by atoms with E-state index in [1.807, 2.05) is 18.2 Å². The minimum atomic E-state index is -0.464. The second-order valence-corrected chi connectivity index (χ2v) is 7.21. The van der Waals surface area contributed by atoms with E-state index in [4.69, 9.17) is 4.74 Å². The van der Waals surface area contributed by atoms with E-state index in [2.05, 4.69) is 62.5 Å². The molecule has 4 heteroatoms. The van der Waals surface area contributed by atoms with Crippen LogP contribution in [0.3, 0.4) is 0 Å². The molecule has 0 saturated heterocycles. The lowest BCUT2D eigenvalue weighted by Crippen LogP contribution is -3.14. The van der Waals surface area contributed by atoms with Crippen molar-refractivity contribution in [2.75, 3.05) is 39.3 Å². The number of hydrogen-bond donors (Lipinski definition) is 3. The first-order valence-electron chi connectivity index (χ1n) is 10.2. The van der Waals surface area contributed by atoms with E-state index in [0.29, 0.717) is 13.2 Å². The van der Waals surface area contributed by atoms with E-state index in [0.717, 1.165) is 37.3 Å². The number of nitrogens with two attached hydrogens (primary N) is 1. The molecule has 0 saturated carbocycles.